The van der Waals surface area contributed by atoms with Crippen molar-refractivity contribution >= 4 is 35.8 Å². The van der Waals surface area contributed by atoms with Gasteiger partial charge in [0.25, 0.3) is 0 Å². The molecule has 146 valence electrons. The summed E-state index contributed by atoms with van der Waals surface area (Å²) in [6.07, 6.45) is 2.51. The second kappa shape index (κ2) is 12.0. The summed E-state index contributed by atoms with van der Waals surface area (Å²) in [5.41, 5.74) is 1.14. The van der Waals surface area contributed by atoms with Gasteiger partial charge in [0.05, 0.1) is 6.61 Å². The third kappa shape index (κ3) is 7.01. The molecule has 1 heterocycles. The molecule has 1 aromatic rings. The summed E-state index contributed by atoms with van der Waals surface area (Å²) < 4.78 is 5.67. The summed E-state index contributed by atoms with van der Waals surface area (Å²) in [5.74, 6) is 1.88. The maximum atomic E-state index is 11.8. The van der Waals surface area contributed by atoms with Crippen LogP contribution in [0.1, 0.15) is 38.7 Å². The topological polar surface area (TPSA) is 66.0 Å². The molecular weight excluding hydrogens is 443 g/mol. The van der Waals surface area contributed by atoms with Crippen LogP contribution in [0.25, 0.3) is 0 Å². The van der Waals surface area contributed by atoms with Crippen LogP contribution in [0, 0.1) is 0 Å². The predicted molar refractivity (Wildman–Crippen MR) is 116 cm³/mol. The molecule has 1 unspecified atom stereocenters. The van der Waals surface area contributed by atoms with E-state index in [0.29, 0.717) is 13.0 Å². The average molecular weight is 474 g/mol. The van der Waals surface area contributed by atoms with Crippen molar-refractivity contribution in [2.75, 3.05) is 26.7 Å². The lowest BCUT2D eigenvalue weighted by Gasteiger charge is -2.19. The van der Waals surface area contributed by atoms with Crippen molar-refractivity contribution in [2.45, 2.75) is 45.7 Å². The highest BCUT2D eigenvalue weighted by Crippen LogP contribution is 2.14. The number of amides is 1. The smallest absolute Gasteiger partial charge is 0.222 e. The van der Waals surface area contributed by atoms with Gasteiger partial charge in [0.1, 0.15) is 5.75 Å². The van der Waals surface area contributed by atoms with Gasteiger partial charge in [-0.3, -0.25) is 9.79 Å². The first-order valence-electron chi connectivity index (χ1n) is 9.13. The average Bonchev–Trinajstić information content (AvgIpc) is 3.11. The molecule has 0 radical (unpaired) electrons. The Hall–Kier alpha value is -1.51. The van der Waals surface area contributed by atoms with Crippen LogP contribution in [0.15, 0.2) is 29.3 Å². The summed E-state index contributed by atoms with van der Waals surface area (Å²) in [5, 5.41) is 6.74. The first-order valence-corrected chi connectivity index (χ1v) is 9.13. The molecule has 7 heteroatoms. The number of rotatable bonds is 7. The van der Waals surface area contributed by atoms with Gasteiger partial charge in [-0.2, -0.15) is 0 Å². The zero-order chi connectivity index (χ0) is 18.1. The third-order valence-corrected chi connectivity index (χ3v) is 4.24. The molecule has 0 aliphatic carbocycles. The summed E-state index contributed by atoms with van der Waals surface area (Å²) in [4.78, 5) is 18.0. The normalized spacial score (nSPS) is 16.8. The number of hydrogen-bond donors (Lipinski definition) is 2. The number of aliphatic imine (C=N–C) groups is 1. The number of guanidine groups is 1. The van der Waals surface area contributed by atoms with E-state index in [4.69, 9.17) is 4.74 Å². The summed E-state index contributed by atoms with van der Waals surface area (Å²) in [6, 6.07) is 8.35. The molecule has 6 nitrogen and oxygen atoms in total. The summed E-state index contributed by atoms with van der Waals surface area (Å²) >= 11 is 0. The third-order valence-electron chi connectivity index (χ3n) is 4.24. The number of benzene rings is 1. The molecule has 1 amide bonds. The van der Waals surface area contributed by atoms with Gasteiger partial charge in [0.15, 0.2) is 5.96 Å². The highest BCUT2D eigenvalue weighted by atomic mass is 127. The fraction of sp³-hybridized carbons (Fsp3) is 0.579. The second-order valence-corrected chi connectivity index (χ2v) is 6.24. The minimum absolute atomic E-state index is 0. The molecular formula is C19H31IN4O2. The van der Waals surface area contributed by atoms with Crippen LogP contribution >= 0.6 is 24.0 Å². The number of hydrogen-bond acceptors (Lipinski definition) is 3. The Kier molecular flexibility index (Phi) is 10.4. The minimum atomic E-state index is 0. The summed E-state index contributed by atoms with van der Waals surface area (Å²) in [7, 11) is 1.76. The number of carbonyl (C=O) groups excluding carboxylic acids is 1. The quantitative estimate of drug-likeness (QED) is 0.363. The number of ether oxygens (including phenoxy) is 1. The van der Waals surface area contributed by atoms with Crippen molar-refractivity contribution in [3.05, 3.63) is 29.8 Å². The van der Waals surface area contributed by atoms with Crippen molar-refractivity contribution in [3.63, 3.8) is 0 Å². The first-order chi connectivity index (χ1) is 12.2. The zero-order valence-electron chi connectivity index (χ0n) is 16.0. The van der Waals surface area contributed by atoms with Crippen LogP contribution in [0.5, 0.6) is 5.75 Å². The molecule has 2 rings (SSSR count). The molecule has 1 fully saturated rings. The molecule has 0 aromatic heterocycles. The van der Waals surface area contributed by atoms with Crippen molar-refractivity contribution in [3.8, 4) is 5.75 Å². The lowest BCUT2D eigenvalue weighted by Crippen LogP contribution is -2.44. The van der Waals surface area contributed by atoms with Crippen molar-refractivity contribution in [2.24, 2.45) is 4.99 Å². The number of carbonyl (C=O) groups is 1. The summed E-state index contributed by atoms with van der Waals surface area (Å²) in [6.45, 7) is 6.97. The molecule has 0 saturated carbocycles. The maximum absolute atomic E-state index is 11.8. The van der Waals surface area contributed by atoms with Crippen molar-refractivity contribution < 1.29 is 9.53 Å². The second-order valence-electron chi connectivity index (χ2n) is 6.24. The van der Waals surface area contributed by atoms with Gasteiger partial charge in [-0.05, 0) is 30.5 Å². The van der Waals surface area contributed by atoms with Gasteiger partial charge in [-0.25, -0.2) is 0 Å². The highest BCUT2D eigenvalue weighted by Gasteiger charge is 2.25. The van der Waals surface area contributed by atoms with E-state index in [2.05, 4.69) is 28.6 Å². The largest absolute Gasteiger partial charge is 0.494 e. The predicted octanol–water partition coefficient (Wildman–Crippen LogP) is 2.77. The molecule has 1 aliphatic heterocycles. The van der Waals surface area contributed by atoms with Gasteiger partial charge in [0, 0.05) is 39.1 Å². The van der Waals surface area contributed by atoms with Crippen molar-refractivity contribution in [1.29, 1.82) is 0 Å². The van der Waals surface area contributed by atoms with Crippen molar-refractivity contribution in [1.82, 2.24) is 15.5 Å². The van der Waals surface area contributed by atoms with E-state index in [1.807, 2.05) is 30.0 Å². The lowest BCUT2D eigenvalue weighted by atomic mass is 10.2. The Labute approximate surface area is 173 Å². The van der Waals surface area contributed by atoms with Crippen LogP contribution in [-0.4, -0.2) is 49.6 Å². The molecule has 2 N–H and O–H groups in total. The molecule has 0 bridgehead atoms. The SMILES string of the molecule is CCCOc1cccc(CNC(=NC)NC2CCN(C(=O)CC)C2)c1.I. The van der Waals surface area contributed by atoms with Crippen LogP contribution in [0.3, 0.4) is 0 Å². The van der Waals surface area contributed by atoms with E-state index in [-0.39, 0.29) is 35.9 Å². The Bertz CT molecular complexity index is 595. The fourth-order valence-electron chi connectivity index (χ4n) is 2.87. The van der Waals surface area contributed by atoms with E-state index in [1.54, 1.807) is 7.05 Å². The number of nitrogens with one attached hydrogen (secondary N) is 2. The van der Waals surface area contributed by atoms with Gasteiger partial charge in [0.2, 0.25) is 5.91 Å². The standard InChI is InChI=1S/C19H30N4O2.HI/c1-4-11-25-17-8-6-7-15(12-17)13-21-19(20-3)22-16-9-10-23(14-16)18(24)5-2;/h6-8,12,16H,4-5,9-11,13-14H2,1-3H3,(H2,20,21,22);1H. The van der Waals surface area contributed by atoms with Crippen LogP contribution in [0.4, 0.5) is 0 Å². The highest BCUT2D eigenvalue weighted by molar-refractivity contribution is 14.0. The Morgan fingerprint density at radius 1 is 1.38 bits per heavy atom. The van der Waals surface area contributed by atoms with Gasteiger partial charge < -0.3 is 20.3 Å². The van der Waals surface area contributed by atoms with Crippen LogP contribution in [0.2, 0.25) is 0 Å². The number of nitrogens with zero attached hydrogens (tertiary/aromatic N) is 2. The number of halogens is 1. The Morgan fingerprint density at radius 3 is 2.88 bits per heavy atom. The van der Waals surface area contributed by atoms with E-state index >= 15 is 0 Å². The molecule has 1 atom stereocenters. The van der Waals surface area contributed by atoms with E-state index in [1.165, 1.54) is 0 Å². The monoisotopic (exact) mass is 474 g/mol. The fourth-order valence-corrected chi connectivity index (χ4v) is 2.87. The molecule has 1 aromatic carbocycles. The van der Waals surface area contributed by atoms with E-state index in [9.17, 15) is 4.79 Å². The van der Waals surface area contributed by atoms with E-state index < -0.39 is 0 Å². The van der Waals surface area contributed by atoms with Crippen LogP contribution in [-0.2, 0) is 11.3 Å². The Balaban J connectivity index is 0.00000338. The van der Waals surface area contributed by atoms with E-state index in [0.717, 1.165) is 49.8 Å². The maximum Gasteiger partial charge on any atom is 0.222 e. The Morgan fingerprint density at radius 2 is 2.19 bits per heavy atom. The lowest BCUT2D eigenvalue weighted by molar-refractivity contribution is -0.129. The van der Waals surface area contributed by atoms with Gasteiger partial charge >= 0.3 is 0 Å². The van der Waals surface area contributed by atoms with Crippen LogP contribution < -0.4 is 15.4 Å². The minimum Gasteiger partial charge on any atom is -0.494 e. The zero-order valence-corrected chi connectivity index (χ0v) is 18.3. The molecule has 1 saturated heterocycles. The van der Waals surface area contributed by atoms with Gasteiger partial charge in [-0.1, -0.05) is 26.0 Å². The van der Waals surface area contributed by atoms with Gasteiger partial charge in [-0.15, -0.1) is 24.0 Å². The molecule has 0 spiro atoms. The first kappa shape index (κ1) is 22.5. The molecule has 1 aliphatic rings. The molecule has 26 heavy (non-hydrogen) atoms. The number of likely N-dealkylation sites (tertiary alicyclic amines) is 1.